The first-order chi connectivity index (χ1) is 9.91. The molecule has 1 aromatic rings. The van der Waals surface area contributed by atoms with Gasteiger partial charge in [-0.1, -0.05) is 19.9 Å². The molecule has 1 N–H and O–H groups in total. The highest BCUT2D eigenvalue weighted by Gasteiger charge is 2.27. The molecule has 5 nitrogen and oxygen atoms in total. The third-order valence-corrected chi connectivity index (χ3v) is 3.67. The molecule has 0 bridgehead atoms. The fourth-order valence-electron chi connectivity index (χ4n) is 2.73. The van der Waals surface area contributed by atoms with Crippen molar-refractivity contribution >= 4 is 11.9 Å². The molecule has 0 radical (unpaired) electrons. The summed E-state index contributed by atoms with van der Waals surface area (Å²) in [6.07, 6.45) is 0.00727. The number of benzene rings is 1. The Bertz CT molecular complexity index is 553. The van der Waals surface area contributed by atoms with Crippen molar-refractivity contribution in [2.75, 3.05) is 19.7 Å². The summed E-state index contributed by atoms with van der Waals surface area (Å²) in [7, 11) is 0. The maximum atomic E-state index is 12.7. The van der Waals surface area contributed by atoms with Crippen LogP contribution in [0, 0.1) is 0 Å². The van der Waals surface area contributed by atoms with Crippen LogP contribution in [0.15, 0.2) is 18.2 Å². The van der Waals surface area contributed by atoms with Crippen LogP contribution < -0.4 is 0 Å². The molecule has 0 saturated carbocycles. The average Bonchev–Trinajstić information content (AvgIpc) is 2.45. The van der Waals surface area contributed by atoms with Crippen molar-refractivity contribution in [3.63, 3.8) is 0 Å². The number of carbonyl (C=O) groups is 2. The van der Waals surface area contributed by atoms with Crippen molar-refractivity contribution in [2.24, 2.45) is 0 Å². The molecular weight excluding hydrogens is 270 g/mol. The van der Waals surface area contributed by atoms with Crippen LogP contribution in [0.1, 0.15) is 53.0 Å². The monoisotopic (exact) mass is 291 g/mol. The predicted molar refractivity (Wildman–Crippen MR) is 78.8 cm³/mol. The van der Waals surface area contributed by atoms with Crippen LogP contribution in [0.5, 0.6) is 0 Å². The molecular formula is C16H21NO4. The number of rotatable bonds is 3. The maximum Gasteiger partial charge on any atom is 0.335 e. The summed E-state index contributed by atoms with van der Waals surface area (Å²) in [6.45, 7) is 7.33. The van der Waals surface area contributed by atoms with Crippen LogP contribution in [0.3, 0.4) is 0 Å². The number of carboxylic acids is 1. The van der Waals surface area contributed by atoms with Crippen LogP contribution in [0.4, 0.5) is 0 Å². The van der Waals surface area contributed by atoms with Gasteiger partial charge < -0.3 is 14.7 Å². The quantitative estimate of drug-likeness (QED) is 0.928. The zero-order valence-electron chi connectivity index (χ0n) is 12.6. The van der Waals surface area contributed by atoms with Gasteiger partial charge in [0.25, 0.3) is 5.91 Å². The first-order valence-electron chi connectivity index (χ1n) is 7.19. The molecule has 1 atom stereocenters. The van der Waals surface area contributed by atoms with Crippen LogP contribution in [0.2, 0.25) is 0 Å². The van der Waals surface area contributed by atoms with Gasteiger partial charge in [0.15, 0.2) is 0 Å². The van der Waals surface area contributed by atoms with Crippen LogP contribution in [0.25, 0.3) is 0 Å². The lowest BCUT2D eigenvalue weighted by molar-refractivity contribution is -0.0124. The Morgan fingerprint density at radius 1 is 1.33 bits per heavy atom. The number of hydrogen-bond acceptors (Lipinski definition) is 3. The van der Waals surface area contributed by atoms with Crippen molar-refractivity contribution in [1.29, 1.82) is 0 Å². The Hall–Kier alpha value is -1.88. The topological polar surface area (TPSA) is 66.8 Å². The van der Waals surface area contributed by atoms with Crippen LogP contribution >= 0.6 is 0 Å². The maximum absolute atomic E-state index is 12.7. The van der Waals surface area contributed by atoms with E-state index in [9.17, 15) is 14.7 Å². The van der Waals surface area contributed by atoms with Gasteiger partial charge in [0.1, 0.15) is 0 Å². The number of morpholine rings is 1. The zero-order valence-corrected chi connectivity index (χ0v) is 12.6. The Morgan fingerprint density at radius 2 is 2.00 bits per heavy atom. The SMILES string of the molecule is CC1CN(C(=O)c2cccc(C(=O)O)c2C(C)C)CCO1. The molecule has 1 saturated heterocycles. The molecule has 0 aromatic heterocycles. The number of aromatic carboxylic acids is 1. The Balaban J connectivity index is 2.40. The first-order valence-corrected chi connectivity index (χ1v) is 7.19. The van der Waals surface area contributed by atoms with Crippen molar-refractivity contribution < 1.29 is 19.4 Å². The van der Waals surface area contributed by atoms with Gasteiger partial charge in [0.05, 0.1) is 18.3 Å². The fraction of sp³-hybridized carbons (Fsp3) is 0.500. The van der Waals surface area contributed by atoms with E-state index in [0.29, 0.717) is 30.8 Å². The summed E-state index contributed by atoms with van der Waals surface area (Å²) in [5.74, 6) is -1.14. The highest BCUT2D eigenvalue weighted by molar-refractivity contribution is 6.00. The molecule has 1 unspecified atom stereocenters. The van der Waals surface area contributed by atoms with E-state index in [1.54, 1.807) is 23.1 Å². The minimum absolute atomic E-state index is 0.00727. The molecule has 114 valence electrons. The third kappa shape index (κ3) is 3.24. The molecule has 1 aromatic carbocycles. The van der Waals surface area contributed by atoms with E-state index in [4.69, 9.17) is 4.74 Å². The summed E-state index contributed by atoms with van der Waals surface area (Å²) in [5, 5.41) is 9.33. The number of hydrogen-bond donors (Lipinski definition) is 1. The first kappa shape index (κ1) is 15.5. The second kappa shape index (κ2) is 6.26. The fourth-order valence-corrected chi connectivity index (χ4v) is 2.73. The molecule has 21 heavy (non-hydrogen) atoms. The standard InChI is InChI=1S/C16H21NO4/c1-10(2)14-12(5-4-6-13(14)16(19)20)15(18)17-7-8-21-11(3)9-17/h4-6,10-11H,7-9H2,1-3H3,(H,19,20). The van der Waals surface area contributed by atoms with Crippen molar-refractivity contribution in [3.05, 3.63) is 34.9 Å². The summed E-state index contributed by atoms with van der Waals surface area (Å²) in [5.41, 5.74) is 1.30. The van der Waals surface area contributed by atoms with E-state index in [1.807, 2.05) is 20.8 Å². The molecule has 1 amide bonds. The van der Waals surface area contributed by atoms with Crippen LogP contribution in [-0.2, 0) is 4.74 Å². The molecule has 1 fully saturated rings. The Labute approximate surface area is 124 Å². The lowest BCUT2D eigenvalue weighted by Crippen LogP contribution is -2.44. The van der Waals surface area contributed by atoms with Crippen molar-refractivity contribution in [1.82, 2.24) is 4.90 Å². The number of ether oxygens (including phenoxy) is 1. The Morgan fingerprint density at radius 3 is 2.57 bits per heavy atom. The molecule has 0 aliphatic carbocycles. The van der Waals surface area contributed by atoms with Gasteiger partial charge in [-0.15, -0.1) is 0 Å². The van der Waals surface area contributed by atoms with Crippen LogP contribution in [-0.4, -0.2) is 47.7 Å². The van der Waals surface area contributed by atoms with Gasteiger partial charge in [-0.3, -0.25) is 4.79 Å². The lowest BCUT2D eigenvalue weighted by Gasteiger charge is -2.32. The normalized spacial score (nSPS) is 18.9. The molecule has 1 aliphatic rings. The summed E-state index contributed by atoms with van der Waals surface area (Å²) in [4.78, 5) is 25.8. The second-order valence-electron chi connectivity index (χ2n) is 5.66. The van der Waals surface area contributed by atoms with Gasteiger partial charge in [0.2, 0.25) is 0 Å². The number of nitrogens with zero attached hydrogens (tertiary/aromatic N) is 1. The molecule has 5 heteroatoms. The van der Waals surface area contributed by atoms with Gasteiger partial charge in [-0.05, 0) is 30.5 Å². The van der Waals surface area contributed by atoms with E-state index in [-0.39, 0.29) is 23.5 Å². The number of amides is 1. The van der Waals surface area contributed by atoms with Crippen molar-refractivity contribution in [3.8, 4) is 0 Å². The van der Waals surface area contributed by atoms with Gasteiger partial charge >= 0.3 is 5.97 Å². The predicted octanol–water partition coefficient (Wildman–Crippen LogP) is 2.37. The molecule has 0 spiro atoms. The minimum atomic E-state index is -0.997. The number of carbonyl (C=O) groups excluding carboxylic acids is 1. The highest BCUT2D eigenvalue weighted by Crippen LogP contribution is 2.26. The smallest absolute Gasteiger partial charge is 0.335 e. The van der Waals surface area contributed by atoms with E-state index in [0.717, 1.165) is 0 Å². The number of carboxylic acid groups (broad SMARTS) is 1. The van der Waals surface area contributed by atoms with Gasteiger partial charge in [0, 0.05) is 18.7 Å². The highest BCUT2D eigenvalue weighted by atomic mass is 16.5. The molecule has 1 heterocycles. The lowest BCUT2D eigenvalue weighted by atomic mass is 9.91. The summed E-state index contributed by atoms with van der Waals surface area (Å²) < 4.78 is 5.45. The second-order valence-corrected chi connectivity index (χ2v) is 5.66. The zero-order chi connectivity index (χ0) is 15.6. The van der Waals surface area contributed by atoms with Gasteiger partial charge in [-0.2, -0.15) is 0 Å². The van der Waals surface area contributed by atoms with E-state index in [2.05, 4.69) is 0 Å². The van der Waals surface area contributed by atoms with Gasteiger partial charge in [-0.25, -0.2) is 4.79 Å². The summed E-state index contributed by atoms with van der Waals surface area (Å²) >= 11 is 0. The summed E-state index contributed by atoms with van der Waals surface area (Å²) in [6, 6.07) is 4.90. The average molecular weight is 291 g/mol. The molecule has 2 rings (SSSR count). The van der Waals surface area contributed by atoms with Crippen molar-refractivity contribution in [2.45, 2.75) is 32.8 Å². The largest absolute Gasteiger partial charge is 0.478 e. The minimum Gasteiger partial charge on any atom is -0.478 e. The van der Waals surface area contributed by atoms with E-state index in [1.165, 1.54) is 0 Å². The van der Waals surface area contributed by atoms with E-state index < -0.39 is 5.97 Å². The van der Waals surface area contributed by atoms with E-state index >= 15 is 0 Å². The third-order valence-electron chi connectivity index (χ3n) is 3.67. The Kier molecular flexibility index (Phi) is 4.63. The molecule has 1 aliphatic heterocycles.